The van der Waals surface area contributed by atoms with E-state index in [0.29, 0.717) is 16.5 Å². The Hall–Kier alpha value is -2.21. The molecule has 0 bridgehead atoms. The van der Waals surface area contributed by atoms with Gasteiger partial charge in [-0.15, -0.1) is 0 Å². The molecule has 1 saturated carbocycles. The minimum absolute atomic E-state index is 0.201. The third kappa shape index (κ3) is 2.71. The predicted octanol–water partition coefficient (Wildman–Crippen LogP) is 2.15. The lowest BCUT2D eigenvalue weighted by atomic mass is 9.64. The molecule has 0 spiro atoms. The Morgan fingerprint density at radius 2 is 2.04 bits per heavy atom. The first-order chi connectivity index (χ1) is 11.3. The summed E-state index contributed by atoms with van der Waals surface area (Å²) < 4.78 is 5.64. The maximum Gasteiger partial charge on any atom is 0.317 e. The zero-order valence-corrected chi connectivity index (χ0v) is 14.3. The van der Waals surface area contributed by atoms with Gasteiger partial charge < -0.3 is 10.5 Å². The Morgan fingerprint density at radius 3 is 2.58 bits per heavy atom. The number of carbonyl (C=O) groups excluding carboxylic acids is 1. The number of nitrogens with zero attached hydrogens (tertiary/aromatic N) is 1. The summed E-state index contributed by atoms with van der Waals surface area (Å²) in [6.07, 6.45) is 2.48. The van der Waals surface area contributed by atoms with Crippen molar-refractivity contribution in [1.29, 1.82) is 0 Å². The van der Waals surface area contributed by atoms with Gasteiger partial charge in [0, 0.05) is 11.9 Å². The minimum atomic E-state index is -0.629. The Morgan fingerprint density at radius 1 is 1.33 bits per heavy atom. The quantitative estimate of drug-likeness (QED) is 0.841. The van der Waals surface area contributed by atoms with E-state index >= 15 is 0 Å². The normalized spacial score (nSPS) is 16.7. The van der Waals surface area contributed by atoms with Crippen LogP contribution >= 0.6 is 0 Å². The number of benzene rings is 1. The van der Waals surface area contributed by atoms with E-state index in [0.717, 1.165) is 24.8 Å². The van der Waals surface area contributed by atoms with Gasteiger partial charge in [-0.3, -0.25) is 9.59 Å². The molecule has 1 aromatic heterocycles. The average Bonchev–Trinajstić information content (AvgIpc) is 2.44. The molecule has 3 rings (SSSR count). The molecule has 1 aliphatic carbocycles. The van der Waals surface area contributed by atoms with Gasteiger partial charge in [-0.2, -0.15) is 5.10 Å². The van der Waals surface area contributed by atoms with Crippen LogP contribution in [0.25, 0.3) is 10.8 Å². The van der Waals surface area contributed by atoms with Crippen LogP contribution in [-0.4, -0.2) is 21.8 Å². The lowest BCUT2D eigenvalue weighted by Crippen LogP contribution is -2.46. The maximum absolute atomic E-state index is 12.8. The van der Waals surface area contributed by atoms with Crippen LogP contribution < -0.4 is 11.3 Å². The standard InChI is InChI=1S/C18H23N3O3/c1-17(2,3)24-16(23)18(7-4-8-18)11-5-6-12-13(9-11)14(10-19)20-21-15(12)22/h5-6,9H,4,7-8,10,19H2,1-3H3,(H,21,22). The van der Waals surface area contributed by atoms with Crippen LogP contribution in [-0.2, 0) is 21.5 Å². The average molecular weight is 329 g/mol. The number of H-pyrrole nitrogens is 1. The van der Waals surface area contributed by atoms with Gasteiger partial charge in [0.05, 0.1) is 16.5 Å². The summed E-state index contributed by atoms with van der Waals surface area (Å²) in [6, 6.07) is 5.47. The number of fused-ring (bicyclic) bond motifs is 1. The van der Waals surface area contributed by atoms with Crippen molar-refractivity contribution in [2.45, 2.75) is 57.6 Å². The second kappa shape index (κ2) is 5.70. The van der Waals surface area contributed by atoms with Crippen molar-refractivity contribution >= 4 is 16.7 Å². The van der Waals surface area contributed by atoms with Crippen molar-refractivity contribution in [3.05, 3.63) is 39.8 Å². The molecule has 1 aromatic carbocycles. The fourth-order valence-corrected chi connectivity index (χ4v) is 3.19. The molecule has 128 valence electrons. The SMILES string of the molecule is CC(C)(C)OC(=O)C1(c2ccc3c(=O)[nH]nc(CN)c3c2)CCC1. The predicted molar refractivity (Wildman–Crippen MR) is 91.6 cm³/mol. The van der Waals surface area contributed by atoms with E-state index in [4.69, 9.17) is 10.5 Å². The highest BCUT2D eigenvalue weighted by atomic mass is 16.6. The largest absolute Gasteiger partial charge is 0.459 e. The first kappa shape index (κ1) is 16.6. The zero-order chi connectivity index (χ0) is 17.5. The molecule has 24 heavy (non-hydrogen) atoms. The second-order valence-corrected chi connectivity index (χ2v) is 7.40. The highest BCUT2D eigenvalue weighted by molar-refractivity contribution is 5.89. The Bertz CT molecular complexity index is 845. The van der Waals surface area contributed by atoms with Crippen molar-refractivity contribution < 1.29 is 9.53 Å². The van der Waals surface area contributed by atoms with Gasteiger partial charge in [-0.05, 0) is 51.3 Å². The molecular formula is C18H23N3O3. The van der Waals surface area contributed by atoms with E-state index in [9.17, 15) is 9.59 Å². The number of nitrogens with one attached hydrogen (secondary N) is 1. The summed E-state index contributed by atoms with van der Waals surface area (Å²) in [6.45, 7) is 5.82. The first-order valence-corrected chi connectivity index (χ1v) is 8.22. The number of rotatable bonds is 3. The second-order valence-electron chi connectivity index (χ2n) is 7.40. The smallest absolute Gasteiger partial charge is 0.317 e. The monoisotopic (exact) mass is 329 g/mol. The summed E-state index contributed by atoms with van der Waals surface area (Å²) >= 11 is 0. The van der Waals surface area contributed by atoms with Crippen LogP contribution in [0, 0.1) is 0 Å². The van der Waals surface area contributed by atoms with Crippen LogP contribution in [0.4, 0.5) is 0 Å². The molecule has 2 aromatic rings. The lowest BCUT2D eigenvalue weighted by Gasteiger charge is -2.41. The molecule has 6 heteroatoms. The summed E-state index contributed by atoms with van der Waals surface area (Å²) in [7, 11) is 0. The van der Waals surface area contributed by atoms with Crippen LogP contribution in [0.3, 0.4) is 0 Å². The number of aromatic nitrogens is 2. The number of hydrogen-bond acceptors (Lipinski definition) is 5. The molecule has 0 radical (unpaired) electrons. The van der Waals surface area contributed by atoms with E-state index in [1.807, 2.05) is 32.9 Å². The third-order valence-corrected chi connectivity index (χ3v) is 4.61. The Kier molecular flexibility index (Phi) is 3.95. The van der Waals surface area contributed by atoms with Crippen molar-refractivity contribution in [2.24, 2.45) is 5.73 Å². The van der Waals surface area contributed by atoms with Crippen molar-refractivity contribution in [1.82, 2.24) is 10.2 Å². The lowest BCUT2D eigenvalue weighted by molar-refractivity contribution is -0.166. The third-order valence-electron chi connectivity index (χ3n) is 4.61. The van der Waals surface area contributed by atoms with Crippen molar-refractivity contribution in [3.8, 4) is 0 Å². The van der Waals surface area contributed by atoms with Crippen LogP contribution in [0.5, 0.6) is 0 Å². The molecular weight excluding hydrogens is 306 g/mol. The molecule has 0 unspecified atom stereocenters. The molecule has 0 atom stereocenters. The number of esters is 1. The first-order valence-electron chi connectivity index (χ1n) is 8.22. The number of hydrogen-bond donors (Lipinski definition) is 2. The van der Waals surface area contributed by atoms with Gasteiger partial charge >= 0.3 is 5.97 Å². The summed E-state index contributed by atoms with van der Waals surface area (Å²) in [5, 5.41) is 7.71. The van der Waals surface area contributed by atoms with E-state index in [1.54, 1.807) is 6.07 Å². The van der Waals surface area contributed by atoms with E-state index in [1.165, 1.54) is 0 Å². The summed E-state index contributed by atoms with van der Waals surface area (Å²) in [5.41, 5.74) is 5.81. The van der Waals surface area contributed by atoms with Gasteiger partial charge in [-0.25, -0.2) is 5.10 Å². The van der Waals surface area contributed by atoms with Gasteiger partial charge in [0.2, 0.25) is 0 Å². The number of aromatic amines is 1. The molecule has 0 amide bonds. The van der Waals surface area contributed by atoms with E-state index < -0.39 is 11.0 Å². The van der Waals surface area contributed by atoms with Gasteiger partial charge in [0.15, 0.2) is 0 Å². The molecule has 6 nitrogen and oxygen atoms in total. The molecule has 3 N–H and O–H groups in total. The molecule has 1 aliphatic rings. The summed E-state index contributed by atoms with van der Waals surface area (Å²) in [4.78, 5) is 24.8. The van der Waals surface area contributed by atoms with Crippen LogP contribution in [0.15, 0.2) is 23.0 Å². The fraction of sp³-hybridized carbons (Fsp3) is 0.500. The van der Waals surface area contributed by atoms with Gasteiger partial charge in [0.1, 0.15) is 5.60 Å². The highest BCUT2D eigenvalue weighted by Gasteiger charge is 2.48. The van der Waals surface area contributed by atoms with Gasteiger partial charge in [0.25, 0.3) is 5.56 Å². The van der Waals surface area contributed by atoms with Crippen molar-refractivity contribution in [3.63, 3.8) is 0 Å². The van der Waals surface area contributed by atoms with E-state index in [-0.39, 0.29) is 18.1 Å². The Balaban J connectivity index is 2.10. The van der Waals surface area contributed by atoms with Gasteiger partial charge in [-0.1, -0.05) is 12.5 Å². The Labute approximate surface area is 140 Å². The molecule has 0 saturated heterocycles. The highest BCUT2D eigenvalue weighted by Crippen LogP contribution is 2.46. The molecule has 0 aliphatic heterocycles. The number of nitrogens with two attached hydrogens (primary N) is 1. The molecule has 1 heterocycles. The number of carbonyl (C=O) groups is 1. The molecule has 1 fully saturated rings. The maximum atomic E-state index is 12.8. The van der Waals surface area contributed by atoms with Crippen LogP contribution in [0.2, 0.25) is 0 Å². The minimum Gasteiger partial charge on any atom is -0.459 e. The summed E-state index contributed by atoms with van der Waals surface area (Å²) in [5.74, 6) is -0.201. The topological polar surface area (TPSA) is 98.1 Å². The van der Waals surface area contributed by atoms with Crippen molar-refractivity contribution in [2.75, 3.05) is 0 Å². The fourth-order valence-electron chi connectivity index (χ4n) is 3.19. The zero-order valence-electron chi connectivity index (χ0n) is 14.3. The number of ether oxygens (including phenoxy) is 1. The van der Waals surface area contributed by atoms with Crippen LogP contribution in [0.1, 0.15) is 51.3 Å². The van der Waals surface area contributed by atoms with E-state index in [2.05, 4.69) is 10.2 Å².